The van der Waals surface area contributed by atoms with Crippen molar-refractivity contribution in [2.75, 3.05) is 18.5 Å². The van der Waals surface area contributed by atoms with Crippen LogP contribution in [0.4, 0.5) is 5.69 Å². The lowest BCUT2D eigenvalue weighted by Gasteiger charge is -2.68. The molecule has 5 bridgehead atoms. The lowest BCUT2D eigenvalue weighted by atomic mass is 9.60. The summed E-state index contributed by atoms with van der Waals surface area (Å²) in [5.74, 6) is 1.18. The molecule has 2 N–H and O–H groups in total. The van der Waals surface area contributed by atoms with Crippen molar-refractivity contribution in [3.8, 4) is 0 Å². The van der Waals surface area contributed by atoms with Gasteiger partial charge in [0.05, 0.1) is 30.1 Å². The van der Waals surface area contributed by atoms with E-state index in [9.17, 15) is 10.2 Å². The Morgan fingerprint density at radius 2 is 1.93 bits per heavy atom. The standard InChI is InChI=1S/C23H33N2O2.BrH/c1-4-10-25-17-11-14(13(5-2)22(25)27)19-18(25)12-23(21(19)26)15-8-6-7-9-16(15)24(3)20(17)23;/h6-9,13-14,17-22,26-27H,4-5,10-12H2,1-3H3;1H/q+1;/p-1. The zero-order chi connectivity index (χ0) is 18.7. The van der Waals surface area contributed by atoms with E-state index >= 15 is 0 Å². The van der Waals surface area contributed by atoms with E-state index < -0.39 is 0 Å². The summed E-state index contributed by atoms with van der Waals surface area (Å²) in [7, 11) is 2.23. The molecule has 7 rings (SSSR count). The Labute approximate surface area is 178 Å². The van der Waals surface area contributed by atoms with Crippen molar-refractivity contribution >= 4 is 5.69 Å². The number of hydrogen-bond donors (Lipinski definition) is 2. The summed E-state index contributed by atoms with van der Waals surface area (Å²) in [5.41, 5.74) is 2.56. The van der Waals surface area contributed by atoms with Gasteiger partial charge in [0.1, 0.15) is 6.04 Å². The van der Waals surface area contributed by atoms with Crippen molar-refractivity contribution in [2.24, 2.45) is 17.8 Å². The fraction of sp³-hybridized carbons (Fsp3) is 0.739. The molecular weight excluding hydrogens is 416 g/mol. The number of aliphatic hydroxyl groups is 2. The molecule has 10 unspecified atom stereocenters. The van der Waals surface area contributed by atoms with Gasteiger partial charge < -0.3 is 32.1 Å². The van der Waals surface area contributed by atoms with Gasteiger partial charge in [-0.1, -0.05) is 32.0 Å². The number of benzene rings is 1. The van der Waals surface area contributed by atoms with Crippen LogP contribution >= 0.6 is 0 Å². The molecule has 1 aromatic carbocycles. The molecule has 5 heteroatoms. The molecule has 10 atom stereocenters. The highest BCUT2D eigenvalue weighted by molar-refractivity contribution is 5.66. The smallest absolute Gasteiger partial charge is 0.194 e. The molecule has 6 aliphatic rings. The largest absolute Gasteiger partial charge is 1.00 e. The van der Waals surface area contributed by atoms with Gasteiger partial charge >= 0.3 is 0 Å². The molecule has 0 amide bonds. The Bertz CT molecular complexity index is 805. The maximum Gasteiger partial charge on any atom is 0.194 e. The summed E-state index contributed by atoms with van der Waals surface area (Å²) in [6.45, 7) is 5.56. The second kappa shape index (κ2) is 5.96. The summed E-state index contributed by atoms with van der Waals surface area (Å²) in [5, 5.41) is 23.6. The van der Waals surface area contributed by atoms with E-state index in [1.807, 2.05) is 0 Å². The number of quaternary nitrogens is 1. The van der Waals surface area contributed by atoms with Crippen LogP contribution in [0.1, 0.15) is 45.1 Å². The molecule has 4 saturated heterocycles. The maximum absolute atomic E-state index is 11.9. The van der Waals surface area contributed by atoms with Crippen LogP contribution in [0.2, 0.25) is 0 Å². The van der Waals surface area contributed by atoms with E-state index in [4.69, 9.17) is 0 Å². The van der Waals surface area contributed by atoms with Gasteiger partial charge in [0, 0.05) is 37.4 Å². The Morgan fingerprint density at radius 3 is 2.64 bits per heavy atom. The van der Waals surface area contributed by atoms with E-state index in [0.717, 1.165) is 30.3 Å². The van der Waals surface area contributed by atoms with Crippen LogP contribution in [0.3, 0.4) is 0 Å². The van der Waals surface area contributed by atoms with E-state index in [-0.39, 0.29) is 34.7 Å². The summed E-state index contributed by atoms with van der Waals surface area (Å²) in [6.07, 6.45) is 3.84. The molecule has 4 nitrogen and oxygen atoms in total. The number of nitrogens with zero attached hydrogens (tertiary/aromatic N) is 2. The molecule has 1 aromatic rings. The van der Waals surface area contributed by atoms with Crippen molar-refractivity contribution < 1.29 is 31.7 Å². The maximum atomic E-state index is 11.9. The number of likely N-dealkylation sites (N-methyl/N-ethyl adjacent to an activating group) is 1. The number of hydrogen-bond acceptors (Lipinski definition) is 3. The Balaban J connectivity index is 0.00000171. The highest BCUT2D eigenvalue weighted by atomic mass is 79.9. The third-order valence-corrected chi connectivity index (χ3v) is 9.73. The zero-order valence-corrected chi connectivity index (χ0v) is 18.7. The molecule has 5 aliphatic heterocycles. The number of aliphatic hydroxyl groups excluding tert-OH is 2. The third-order valence-electron chi connectivity index (χ3n) is 9.73. The lowest BCUT2D eigenvalue weighted by Crippen LogP contribution is -3.00. The molecule has 5 heterocycles. The minimum atomic E-state index is -0.271. The second-order valence-electron chi connectivity index (χ2n) is 10.1. The Kier molecular flexibility index (Phi) is 4.12. The highest BCUT2D eigenvalue weighted by Crippen LogP contribution is 2.71. The zero-order valence-electron chi connectivity index (χ0n) is 17.1. The normalized spacial score (nSPS) is 51.8. The Hall–Kier alpha value is -0.620. The first-order chi connectivity index (χ1) is 13.0. The summed E-state index contributed by atoms with van der Waals surface area (Å²) in [4.78, 5) is 2.48. The predicted molar refractivity (Wildman–Crippen MR) is 105 cm³/mol. The van der Waals surface area contributed by atoms with Crippen LogP contribution in [-0.4, -0.2) is 58.7 Å². The van der Waals surface area contributed by atoms with Crippen LogP contribution in [-0.2, 0) is 5.41 Å². The fourth-order valence-electron chi connectivity index (χ4n) is 9.23. The van der Waals surface area contributed by atoms with Gasteiger partial charge in [-0.15, -0.1) is 0 Å². The molecule has 1 spiro atoms. The van der Waals surface area contributed by atoms with E-state index in [1.54, 1.807) is 0 Å². The number of piperidine rings is 4. The highest BCUT2D eigenvalue weighted by Gasteiger charge is 2.82. The van der Waals surface area contributed by atoms with Crippen LogP contribution in [0.5, 0.6) is 0 Å². The molecule has 1 aliphatic carbocycles. The second-order valence-corrected chi connectivity index (χ2v) is 10.1. The summed E-state index contributed by atoms with van der Waals surface area (Å²) >= 11 is 0. The van der Waals surface area contributed by atoms with Crippen molar-refractivity contribution in [2.45, 2.75) is 75.4 Å². The van der Waals surface area contributed by atoms with Crippen molar-refractivity contribution in [3.05, 3.63) is 29.8 Å². The predicted octanol–water partition coefficient (Wildman–Crippen LogP) is -0.517. The molecule has 1 saturated carbocycles. The first-order valence-electron chi connectivity index (χ1n) is 11.1. The summed E-state index contributed by atoms with van der Waals surface area (Å²) < 4.78 is 0.873. The van der Waals surface area contributed by atoms with Crippen LogP contribution in [0, 0.1) is 17.8 Å². The van der Waals surface area contributed by atoms with Gasteiger partial charge in [0.15, 0.2) is 6.23 Å². The van der Waals surface area contributed by atoms with Crippen molar-refractivity contribution in [3.63, 3.8) is 0 Å². The van der Waals surface area contributed by atoms with Gasteiger partial charge in [0.25, 0.3) is 0 Å². The average Bonchev–Trinajstić information content (AvgIpc) is 3.06. The Morgan fingerprint density at radius 1 is 1.18 bits per heavy atom. The molecule has 5 fully saturated rings. The van der Waals surface area contributed by atoms with E-state index in [2.05, 4.69) is 50.1 Å². The monoisotopic (exact) mass is 448 g/mol. The van der Waals surface area contributed by atoms with Gasteiger partial charge in [-0.05, 0) is 30.4 Å². The van der Waals surface area contributed by atoms with Crippen LogP contribution in [0.15, 0.2) is 24.3 Å². The van der Waals surface area contributed by atoms with Gasteiger partial charge in [-0.3, -0.25) is 4.48 Å². The number of anilines is 1. The van der Waals surface area contributed by atoms with Crippen molar-refractivity contribution in [1.29, 1.82) is 0 Å². The fourth-order valence-corrected chi connectivity index (χ4v) is 9.23. The molecule has 0 aromatic heterocycles. The van der Waals surface area contributed by atoms with E-state index in [1.165, 1.54) is 17.7 Å². The number of halogens is 1. The average molecular weight is 449 g/mol. The first-order valence-corrected chi connectivity index (χ1v) is 11.1. The van der Waals surface area contributed by atoms with Gasteiger partial charge in [-0.2, -0.15) is 0 Å². The topological polar surface area (TPSA) is 43.7 Å². The first kappa shape index (κ1) is 19.3. The van der Waals surface area contributed by atoms with Gasteiger partial charge in [-0.25, -0.2) is 0 Å². The van der Waals surface area contributed by atoms with E-state index in [0.29, 0.717) is 35.9 Å². The quantitative estimate of drug-likeness (QED) is 0.611. The number of para-hydroxylation sites is 1. The summed E-state index contributed by atoms with van der Waals surface area (Å²) in [6, 6.07) is 9.97. The van der Waals surface area contributed by atoms with Crippen LogP contribution in [0.25, 0.3) is 0 Å². The van der Waals surface area contributed by atoms with Crippen LogP contribution < -0.4 is 21.9 Å². The minimum Gasteiger partial charge on any atom is -1.00 e. The molecule has 154 valence electrons. The lowest BCUT2D eigenvalue weighted by molar-refractivity contribution is -1.04. The van der Waals surface area contributed by atoms with Crippen molar-refractivity contribution in [1.82, 2.24) is 0 Å². The SMILES string of the molecule is CCC[N+]12C(O)C(CC)C3CC1C1N(C)c4ccccc4C14CC2C3C4O.[Br-]. The van der Waals surface area contributed by atoms with Gasteiger partial charge in [0.2, 0.25) is 0 Å². The third kappa shape index (κ3) is 1.73. The molecule has 28 heavy (non-hydrogen) atoms. The molecular formula is C23H33BrN2O2. The number of rotatable bonds is 3. The number of fused-ring (bicyclic) bond motifs is 2. The minimum absolute atomic E-state index is 0. The molecule has 0 radical (unpaired) electrons.